The molecule has 1 aliphatic carbocycles. The highest BCUT2D eigenvalue weighted by Crippen LogP contribution is 2.38. The van der Waals surface area contributed by atoms with Crippen molar-refractivity contribution in [2.45, 2.75) is 51.0 Å². The van der Waals surface area contributed by atoms with Crippen molar-refractivity contribution < 1.29 is 8.42 Å². The van der Waals surface area contributed by atoms with E-state index >= 15 is 0 Å². The predicted octanol–water partition coefficient (Wildman–Crippen LogP) is 1.17. The summed E-state index contributed by atoms with van der Waals surface area (Å²) in [7, 11) is -3.24. The third-order valence-electron chi connectivity index (χ3n) is 5.49. The number of fused-ring (bicyclic) bond motifs is 1. The van der Waals surface area contributed by atoms with Crippen LogP contribution in [-0.2, 0) is 10.2 Å². The summed E-state index contributed by atoms with van der Waals surface area (Å²) in [6, 6.07) is 0.279. The molecule has 6 heteroatoms. The molecule has 0 bridgehead atoms. The SMILES string of the molecule is NCC1CCN(S(=O)(=O)N2CCC3CCCCC32)CC1. The van der Waals surface area contributed by atoms with Crippen LogP contribution in [0.25, 0.3) is 0 Å². The van der Waals surface area contributed by atoms with Gasteiger partial charge < -0.3 is 5.73 Å². The molecule has 3 aliphatic rings. The Morgan fingerprint density at radius 1 is 0.950 bits per heavy atom. The summed E-state index contributed by atoms with van der Waals surface area (Å²) in [6.07, 6.45) is 7.62. The van der Waals surface area contributed by atoms with Gasteiger partial charge in [-0.1, -0.05) is 12.8 Å². The van der Waals surface area contributed by atoms with Gasteiger partial charge in [0.15, 0.2) is 0 Å². The van der Waals surface area contributed by atoms with Gasteiger partial charge in [-0.2, -0.15) is 17.0 Å². The molecule has 1 saturated carbocycles. The van der Waals surface area contributed by atoms with Crippen molar-refractivity contribution >= 4 is 10.2 Å². The lowest BCUT2D eigenvalue weighted by Gasteiger charge is -2.37. The first-order valence-electron chi connectivity index (χ1n) is 8.10. The summed E-state index contributed by atoms with van der Waals surface area (Å²) in [4.78, 5) is 0. The third kappa shape index (κ3) is 2.63. The van der Waals surface area contributed by atoms with Crippen molar-refractivity contribution in [2.24, 2.45) is 17.6 Å². The van der Waals surface area contributed by atoms with E-state index in [9.17, 15) is 8.42 Å². The third-order valence-corrected chi connectivity index (χ3v) is 7.55. The van der Waals surface area contributed by atoms with Gasteiger partial charge in [0, 0.05) is 25.7 Å². The van der Waals surface area contributed by atoms with E-state index < -0.39 is 10.2 Å². The van der Waals surface area contributed by atoms with Crippen molar-refractivity contribution in [3.63, 3.8) is 0 Å². The van der Waals surface area contributed by atoms with Gasteiger partial charge >= 0.3 is 0 Å². The van der Waals surface area contributed by atoms with E-state index in [1.807, 2.05) is 4.31 Å². The summed E-state index contributed by atoms with van der Waals surface area (Å²) >= 11 is 0. The monoisotopic (exact) mass is 301 g/mol. The van der Waals surface area contributed by atoms with Crippen LogP contribution in [0.5, 0.6) is 0 Å². The van der Waals surface area contributed by atoms with Crippen molar-refractivity contribution in [2.75, 3.05) is 26.2 Å². The Labute approximate surface area is 122 Å². The first-order valence-corrected chi connectivity index (χ1v) is 9.49. The Bertz CT molecular complexity index is 432. The van der Waals surface area contributed by atoms with Crippen LogP contribution in [0.2, 0.25) is 0 Å². The minimum absolute atomic E-state index is 0.279. The first kappa shape index (κ1) is 14.8. The van der Waals surface area contributed by atoms with Crippen LogP contribution >= 0.6 is 0 Å². The molecule has 0 radical (unpaired) electrons. The Kier molecular flexibility index (Phi) is 4.36. The second kappa shape index (κ2) is 5.91. The maximum atomic E-state index is 12.9. The lowest BCUT2D eigenvalue weighted by molar-refractivity contribution is 0.225. The Balaban J connectivity index is 1.69. The van der Waals surface area contributed by atoms with Crippen molar-refractivity contribution in [1.29, 1.82) is 0 Å². The van der Waals surface area contributed by atoms with E-state index in [1.54, 1.807) is 4.31 Å². The average molecular weight is 301 g/mol. The predicted molar refractivity (Wildman–Crippen MR) is 79.3 cm³/mol. The van der Waals surface area contributed by atoms with E-state index in [1.165, 1.54) is 19.3 Å². The summed E-state index contributed by atoms with van der Waals surface area (Å²) in [5, 5.41) is 0. The molecule has 0 spiro atoms. The summed E-state index contributed by atoms with van der Waals surface area (Å²) < 4.78 is 29.2. The molecule has 0 aromatic carbocycles. The number of nitrogens with zero attached hydrogens (tertiary/aromatic N) is 2. The Hall–Kier alpha value is -0.170. The minimum atomic E-state index is -3.24. The summed E-state index contributed by atoms with van der Waals surface area (Å²) in [6.45, 7) is 2.72. The van der Waals surface area contributed by atoms with Gasteiger partial charge in [0.05, 0.1) is 0 Å². The number of nitrogens with two attached hydrogens (primary N) is 1. The molecular weight excluding hydrogens is 274 g/mol. The fourth-order valence-corrected chi connectivity index (χ4v) is 6.10. The van der Waals surface area contributed by atoms with Crippen LogP contribution in [-0.4, -0.2) is 49.2 Å². The molecule has 2 unspecified atom stereocenters. The lowest BCUT2D eigenvalue weighted by Crippen LogP contribution is -2.50. The van der Waals surface area contributed by atoms with Crippen LogP contribution < -0.4 is 5.73 Å². The molecule has 2 atom stereocenters. The number of hydrogen-bond acceptors (Lipinski definition) is 3. The second-order valence-corrected chi connectivity index (χ2v) is 8.48. The van der Waals surface area contributed by atoms with Gasteiger partial charge in [-0.15, -0.1) is 0 Å². The highest BCUT2D eigenvalue weighted by atomic mass is 32.2. The zero-order valence-electron chi connectivity index (χ0n) is 12.2. The van der Waals surface area contributed by atoms with E-state index in [-0.39, 0.29) is 6.04 Å². The van der Waals surface area contributed by atoms with Gasteiger partial charge in [0.1, 0.15) is 0 Å². The Morgan fingerprint density at radius 2 is 1.65 bits per heavy atom. The first-order chi connectivity index (χ1) is 9.63. The minimum Gasteiger partial charge on any atom is -0.330 e. The lowest BCUT2D eigenvalue weighted by atomic mass is 9.86. The zero-order valence-corrected chi connectivity index (χ0v) is 13.0. The van der Waals surface area contributed by atoms with Gasteiger partial charge in [-0.3, -0.25) is 0 Å². The quantitative estimate of drug-likeness (QED) is 0.851. The molecule has 3 fully saturated rings. The number of piperidine rings is 1. The van der Waals surface area contributed by atoms with Crippen LogP contribution in [0.4, 0.5) is 0 Å². The maximum Gasteiger partial charge on any atom is 0.282 e. The number of hydrogen-bond donors (Lipinski definition) is 1. The van der Waals surface area contributed by atoms with E-state index in [4.69, 9.17) is 5.73 Å². The van der Waals surface area contributed by atoms with Crippen LogP contribution in [0, 0.1) is 11.8 Å². The molecule has 20 heavy (non-hydrogen) atoms. The summed E-state index contributed by atoms with van der Waals surface area (Å²) in [5.41, 5.74) is 5.69. The molecular formula is C14H27N3O2S. The van der Waals surface area contributed by atoms with E-state index in [2.05, 4.69) is 0 Å². The van der Waals surface area contributed by atoms with Crippen LogP contribution in [0.3, 0.4) is 0 Å². The van der Waals surface area contributed by atoms with Gasteiger partial charge in [-0.25, -0.2) is 0 Å². The molecule has 116 valence electrons. The molecule has 3 rings (SSSR count). The second-order valence-electron chi connectivity index (χ2n) is 6.60. The van der Waals surface area contributed by atoms with Gasteiger partial charge in [0.25, 0.3) is 10.2 Å². The van der Waals surface area contributed by atoms with Crippen LogP contribution in [0.15, 0.2) is 0 Å². The fraction of sp³-hybridized carbons (Fsp3) is 1.00. The molecule has 2 aliphatic heterocycles. The molecule has 5 nitrogen and oxygen atoms in total. The molecule has 0 aromatic heterocycles. The fourth-order valence-electron chi connectivity index (χ4n) is 4.17. The van der Waals surface area contributed by atoms with Crippen molar-refractivity contribution in [1.82, 2.24) is 8.61 Å². The van der Waals surface area contributed by atoms with Gasteiger partial charge in [-0.05, 0) is 50.5 Å². The molecule has 2 N–H and O–H groups in total. The van der Waals surface area contributed by atoms with E-state index in [0.717, 1.165) is 32.2 Å². The largest absolute Gasteiger partial charge is 0.330 e. The average Bonchev–Trinajstić information content (AvgIpc) is 2.92. The smallest absolute Gasteiger partial charge is 0.282 e. The standard InChI is InChI=1S/C14H27N3O2S/c15-11-12-5-8-16(9-6-12)20(18,19)17-10-7-13-3-1-2-4-14(13)17/h12-14H,1-11,15H2. The molecule has 0 amide bonds. The van der Waals surface area contributed by atoms with Crippen molar-refractivity contribution in [3.05, 3.63) is 0 Å². The maximum absolute atomic E-state index is 12.9. The van der Waals surface area contributed by atoms with Gasteiger partial charge in [0.2, 0.25) is 0 Å². The Morgan fingerprint density at radius 3 is 2.35 bits per heavy atom. The van der Waals surface area contributed by atoms with E-state index in [0.29, 0.717) is 31.5 Å². The molecule has 2 heterocycles. The highest BCUT2D eigenvalue weighted by Gasteiger charge is 2.44. The number of rotatable bonds is 3. The van der Waals surface area contributed by atoms with Crippen LogP contribution in [0.1, 0.15) is 44.9 Å². The molecule has 0 aromatic rings. The normalized spacial score (nSPS) is 34.2. The highest BCUT2D eigenvalue weighted by molar-refractivity contribution is 7.86. The van der Waals surface area contributed by atoms with Crippen molar-refractivity contribution in [3.8, 4) is 0 Å². The zero-order chi connectivity index (χ0) is 14.2. The topological polar surface area (TPSA) is 66.6 Å². The summed E-state index contributed by atoms with van der Waals surface area (Å²) in [5.74, 6) is 1.11. The molecule has 2 saturated heterocycles.